The molecule has 0 aromatic heterocycles. The second-order valence-electron chi connectivity index (χ2n) is 6.60. The van der Waals surface area contributed by atoms with Gasteiger partial charge in [-0.05, 0) is 29.2 Å². The van der Waals surface area contributed by atoms with Crippen molar-refractivity contribution in [2.75, 3.05) is 27.3 Å². The molecule has 0 saturated heterocycles. The Bertz CT molecular complexity index is 752. The van der Waals surface area contributed by atoms with Gasteiger partial charge in [0.2, 0.25) is 0 Å². The van der Waals surface area contributed by atoms with Crippen LogP contribution in [0, 0.1) is 5.92 Å². The maximum absolute atomic E-state index is 11.5. The molecule has 0 amide bonds. The van der Waals surface area contributed by atoms with Crippen molar-refractivity contribution in [3.8, 4) is 0 Å². The molecule has 0 radical (unpaired) electrons. The zero-order valence-corrected chi connectivity index (χ0v) is 19.5. The van der Waals surface area contributed by atoms with E-state index in [0.29, 0.717) is 31.2 Å². The summed E-state index contributed by atoms with van der Waals surface area (Å²) in [5.74, 6) is 0.744. The number of esters is 1. The fraction of sp³-hybridized carbons (Fsp3) is 0.364. The van der Waals surface area contributed by atoms with Gasteiger partial charge in [0.25, 0.3) is 0 Å². The maximum Gasteiger partial charge on any atom is 0.337 e. The van der Waals surface area contributed by atoms with E-state index in [9.17, 15) is 4.79 Å². The van der Waals surface area contributed by atoms with Crippen molar-refractivity contribution in [1.29, 1.82) is 0 Å². The molecule has 7 heteroatoms. The fourth-order valence-corrected chi connectivity index (χ4v) is 2.56. The van der Waals surface area contributed by atoms with Crippen molar-refractivity contribution in [3.63, 3.8) is 0 Å². The van der Waals surface area contributed by atoms with Crippen molar-refractivity contribution in [1.82, 2.24) is 10.6 Å². The van der Waals surface area contributed by atoms with Gasteiger partial charge in [-0.15, -0.1) is 24.0 Å². The van der Waals surface area contributed by atoms with Crippen LogP contribution in [0.15, 0.2) is 59.6 Å². The summed E-state index contributed by atoms with van der Waals surface area (Å²) >= 11 is 0. The summed E-state index contributed by atoms with van der Waals surface area (Å²) in [6.07, 6.45) is 0. The minimum absolute atomic E-state index is 0. The van der Waals surface area contributed by atoms with Gasteiger partial charge >= 0.3 is 5.97 Å². The number of carbonyl (C=O) groups excluding carboxylic acids is 1. The Morgan fingerprint density at radius 3 is 2.34 bits per heavy atom. The highest BCUT2D eigenvalue weighted by Crippen LogP contribution is 2.06. The van der Waals surface area contributed by atoms with Gasteiger partial charge in [0.05, 0.1) is 25.9 Å². The molecule has 2 aromatic rings. The van der Waals surface area contributed by atoms with Crippen molar-refractivity contribution in [3.05, 3.63) is 71.3 Å². The first-order valence-electron chi connectivity index (χ1n) is 9.35. The lowest BCUT2D eigenvalue weighted by atomic mass is 10.1. The minimum Gasteiger partial charge on any atom is -0.465 e. The van der Waals surface area contributed by atoms with Crippen LogP contribution < -0.4 is 10.6 Å². The third-order valence-electron chi connectivity index (χ3n) is 4.19. The molecule has 0 heterocycles. The summed E-state index contributed by atoms with van der Waals surface area (Å²) in [6.45, 7) is 4.81. The lowest BCUT2D eigenvalue weighted by molar-refractivity contribution is 0.0600. The van der Waals surface area contributed by atoms with Crippen LogP contribution in [-0.4, -0.2) is 39.2 Å². The number of nitrogens with zero attached hydrogens (tertiary/aromatic N) is 1. The van der Waals surface area contributed by atoms with Crippen molar-refractivity contribution in [2.45, 2.75) is 20.1 Å². The standard InChI is InChI=1S/C22H29N3O3.HI/c1-17(15-28-16-19-7-5-4-6-8-19)13-24-22(23-2)25-14-18-9-11-20(12-10-18)21(26)27-3;/h4-12,17H,13-16H2,1-3H3,(H2,23,24,25);1H. The highest BCUT2D eigenvalue weighted by molar-refractivity contribution is 14.0. The molecule has 0 aliphatic heterocycles. The maximum atomic E-state index is 11.5. The predicted molar refractivity (Wildman–Crippen MR) is 127 cm³/mol. The number of guanidine groups is 1. The Balaban J connectivity index is 0.00000420. The number of ether oxygens (including phenoxy) is 2. The molecule has 2 aromatic carbocycles. The van der Waals surface area contributed by atoms with E-state index in [4.69, 9.17) is 9.47 Å². The van der Waals surface area contributed by atoms with Crippen LogP contribution in [0.3, 0.4) is 0 Å². The van der Waals surface area contributed by atoms with Crippen LogP contribution in [0.4, 0.5) is 0 Å². The van der Waals surface area contributed by atoms with Crippen LogP contribution in [0.2, 0.25) is 0 Å². The normalized spacial score (nSPS) is 11.9. The average molecular weight is 511 g/mol. The number of hydrogen-bond acceptors (Lipinski definition) is 4. The van der Waals surface area contributed by atoms with Crippen molar-refractivity contribution < 1.29 is 14.3 Å². The summed E-state index contributed by atoms with van der Waals surface area (Å²) in [5, 5.41) is 6.58. The largest absolute Gasteiger partial charge is 0.465 e. The van der Waals surface area contributed by atoms with Crippen LogP contribution in [0.5, 0.6) is 0 Å². The first kappa shape index (κ1) is 24.9. The molecular formula is C22H30IN3O3. The summed E-state index contributed by atoms with van der Waals surface area (Å²) in [5.41, 5.74) is 2.77. The molecule has 0 fully saturated rings. The van der Waals surface area contributed by atoms with Gasteiger partial charge in [0, 0.05) is 20.1 Å². The van der Waals surface area contributed by atoms with E-state index in [1.54, 1.807) is 19.2 Å². The number of nitrogens with one attached hydrogen (secondary N) is 2. The number of halogens is 1. The Morgan fingerprint density at radius 2 is 1.72 bits per heavy atom. The van der Waals surface area contributed by atoms with E-state index in [2.05, 4.69) is 34.7 Å². The SMILES string of the molecule is CN=C(NCc1ccc(C(=O)OC)cc1)NCC(C)COCc1ccccc1.I. The second kappa shape index (κ2) is 13.9. The van der Waals surface area contributed by atoms with Crippen molar-refractivity contribution >= 4 is 35.9 Å². The number of rotatable bonds is 9. The first-order valence-corrected chi connectivity index (χ1v) is 9.35. The van der Waals surface area contributed by atoms with E-state index in [-0.39, 0.29) is 29.9 Å². The molecule has 1 unspecified atom stereocenters. The lowest BCUT2D eigenvalue weighted by Crippen LogP contribution is -2.39. The summed E-state index contributed by atoms with van der Waals surface area (Å²) in [6, 6.07) is 17.5. The Labute approximate surface area is 190 Å². The molecule has 0 aliphatic carbocycles. The van der Waals surface area contributed by atoms with E-state index in [0.717, 1.165) is 18.1 Å². The lowest BCUT2D eigenvalue weighted by Gasteiger charge is -2.16. The number of methoxy groups -OCH3 is 1. The van der Waals surface area contributed by atoms with E-state index >= 15 is 0 Å². The Kier molecular flexibility index (Phi) is 12.0. The molecule has 1 atom stereocenters. The van der Waals surface area contributed by atoms with E-state index in [1.165, 1.54) is 12.7 Å². The van der Waals surface area contributed by atoms with Gasteiger partial charge in [-0.3, -0.25) is 4.99 Å². The predicted octanol–water partition coefficient (Wildman–Crippen LogP) is 3.61. The van der Waals surface area contributed by atoms with Gasteiger partial charge in [-0.25, -0.2) is 4.79 Å². The van der Waals surface area contributed by atoms with Crippen LogP contribution >= 0.6 is 24.0 Å². The molecule has 2 N–H and O–H groups in total. The quantitative estimate of drug-likeness (QED) is 0.233. The molecule has 158 valence electrons. The smallest absolute Gasteiger partial charge is 0.337 e. The molecule has 2 rings (SSSR count). The molecule has 0 spiro atoms. The third-order valence-corrected chi connectivity index (χ3v) is 4.19. The Hall–Kier alpha value is -2.13. The minimum atomic E-state index is -0.333. The fourth-order valence-electron chi connectivity index (χ4n) is 2.56. The van der Waals surface area contributed by atoms with Gasteiger partial charge < -0.3 is 20.1 Å². The topological polar surface area (TPSA) is 72.0 Å². The van der Waals surface area contributed by atoms with Gasteiger partial charge in [-0.2, -0.15) is 0 Å². The summed E-state index contributed by atoms with van der Waals surface area (Å²) in [4.78, 5) is 15.7. The van der Waals surface area contributed by atoms with E-state index in [1.807, 2.05) is 30.3 Å². The van der Waals surface area contributed by atoms with Crippen LogP contribution in [-0.2, 0) is 22.6 Å². The zero-order valence-electron chi connectivity index (χ0n) is 17.2. The van der Waals surface area contributed by atoms with Gasteiger partial charge in [-0.1, -0.05) is 49.4 Å². The second-order valence-corrected chi connectivity index (χ2v) is 6.60. The van der Waals surface area contributed by atoms with Gasteiger partial charge in [0.15, 0.2) is 5.96 Å². The highest BCUT2D eigenvalue weighted by Gasteiger charge is 2.06. The third kappa shape index (κ3) is 9.27. The Morgan fingerprint density at radius 1 is 1.03 bits per heavy atom. The molecule has 0 aliphatic rings. The van der Waals surface area contributed by atoms with E-state index < -0.39 is 0 Å². The first-order chi connectivity index (χ1) is 13.6. The van der Waals surface area contributed by atoms with Crippen molar-refractivity contribution in [2.24, 2.45) is 10.9 Å². The molecule has 29 heavy (non-hydrogen) atoms. The van der Waals surface area contributed by atoms with Crippen LogP contribution in [0.25, 0.3) is 0 Å². The monoisotopic (exact) mass is 511 g/mol. The number of carbonyl (C=O) groups is 1. The highest BCUT2D eigenvalue weighted by atomic mass is 127. The number of benzene rings is 2. The van der Waals surface area contributed by atoms with Crippen LogP contribution in [0.1, 0.15) is 28.4 Å². The molecular weight excluding hydrogens is 481 g/mol. The number of hydrogen-bond donors (Lipinski definition) is 2. The molecule has 6 nitrogen and oxygen atoms in total. The zero-order chi connectivity index (χ0) is 20.2. The summed E-state index contributed by atoms with van der Waals surface area (Å²) < 4.78 is 10.5. The van der Waals surface area contributed by atoms with Gasteiger partial charge in [0.1, 0.15) is 0 Å². The summed E-state index contributed by atoms with van der Waals surface area (Å²) in [7, 11) is 3.12. The number of aliphatic imine (C=N–C) groups is 1. The molecule has 0 saturated carbocycles. The average Bonchev–Trinajstić information content (AvgIpc) is 2.74. The molecule has 0 bridgehead atoms.